The molecule has 0 aromatic heterocycles. The number of benzene rings is 1. The molecule has 1 amide bonds. The number of para-hydroxylation sites is 1. The predicted molar refractivity (Wildman–Crippen MR) is 70.6 cm³/mol. The number of phenols is 1. The lowest BCUT2D eigenvalue weighted by Gasteiger charge is -2.18. The van der Waals surface area contributed by atoms with Crippen molar-refractivity contribution in [3.05, 3.63) is 29.8 Å². The molecule has 18 heavy (non-hydrogen) atoms. The predicted octanol–water partition coefficient (Wildman–Crippen LogP) is 2.69. The summed E-state index contributed by atoms with van der Waals surface area (Å²) in [4.78, 5) is 11.8. The van der Waals surface area contributed by atoms with Crippen molar-refractivity contribution in [1.82, 2.24) is 5.43 Å². The van der Waals surface area contributed by atoms with Crippen LogP contribution in [0, 0.1) is 5.92 Å². The van der Waals surface area contributed by atoms with Gasteiger partial charge in [0.05, 0.1) is 5.56 Å². The second kappa shape index (κ2) is 5.67. The highest BCUT2D eigenvalue weighted by Crippen LogP contribution is 2.21. The summed E-state index contributed by atoms with van der Waals surface area (Å²) in [5.74, 6) is 0.255. The number of nitrogens with one attached hydrogen (secondary N) is 1. The van der Waals surface area contributed by atoms with Crippen LogP contribution in [0.4, 0.5) is 0 Å². The van der Waals surface area contributed by atoms with E-state index in [4.69, 9.17) is 0 Å². The standard InChI is InChI=1S/C14H18N2O2/c1-10-5-4-6-11(9-10)15-16-14(18)12-7-2-3-8-13(12)17/h2-3,7-8,10,17H,4-6,9H2,1H3,(H,16,18)/b15-11-/t10-/m0/s1. The quantitative estimate of drug-likeness (QED) is 0.788. The Hall–Kier alpha value is -1.84. The van der Waals surface area contributed by atoms with Gasteiger partial charge in [0, 0.05) is 5.71 Å². The lowest BCUT2D eigenvalue weighted by atomic mass is 9.89. The van der Waals surface area contributed by atoms with Gasteiger partial charge >= 0.3 is 0 Å². The number of carbonyl (C=O) groups is 1. The summed E-state index contributed by atoms with van der Waals surface area (Å²) in [5, 5.41) is 13.7. The van der Waals surface area contributed by atoms with Crippen LogP contribution >= 0.6 is 0 Å². The Morgan fingerprint density at radius 1 is 1.44 bits per heavy atom. The van der Waals surface area contributed by atoms with E-state index in [0.29, 0.717) is 5.92 Å². The molecule has 1 saturated carbocycles. The molecule has 4 nitrogen and oxygen atoms in total. The first-order valence-electron chi connectivity index (χ1n) is 6.30. The van der Waals surface area contributed by atoms with Crippen molar-refractivity contribution >= 4 is 11.6 Å². The third-order valence-corrected chi connectivity index (χ3v) is 3.21. The number of phenolic OH excluding ortho intramolecular Hbond substituents is 1. The van der Waals surface area contributed by atoms with Gasteiger partial charge in [-0.3, -0.25) is 4.79 Å². The normalized spacial score (nSPS) is 21.8. The minimum Gasteiger partial charge on any atom is -0.507 e. The van der Waals surface area contributed by atoms with E-state index in [1.165, 1.54) is 12.5 Å². The highest BCUT2D eigenvalue weighted by atomic mass is 16.3. The fourth-order valence-corrected chi connectivity index (χ4v) is 2.22. The first-order valence-corrected chi connectivity index (χ1v) is 6.30. The first-order chi connectivity index (χ1) is 8.66. The van der Waals surface area contributed by atoms with Gasteiger partial charge in [0.2, 0.25) is 0 Å². The summed E-state index contributed by atoms with van der Waals surface area (Å²) >= 11 is 0. The van der Waals surface area contributed by atoms with Gasteiger partial charge in [0.25, 0.3) is 5.91 Å². The molecule has 0 aliphatic heterocycles. The van der Waals surface area contributed by atoms with E-state index in [0.717, 1.165) is 25.0 Å². The molecule has 0 bridgehead atoms. The molecular formula is C14H18N2O2. The van der Waals surface area contributed by atoms with Gasteiger partial charge in [0.1, 0.15) is 5.75 Å². The van der Waals surface area contributed by atoms with Crippen LogP contribution < -0.4 is 5.43 Å². The minimum absolute atomic E-state index is 0.0211. The van der Waals surface area contributed by atoms with Gasteiger partial charge in [-0.25, -0.2) is 5.43 Å². The molecular weight excluding hydrogens is 228 g/mol. The molecule has 1 aliphatic carbocycles. The third-order valence-electron chi connectivity index (χ3n) is 3.21. The third kappa shape index (κ3) is 3.09. The van der Waals surface area contributed by atoms with Gasteiger partial charge in [0.15, 0.2) is 0 Å². The monoisotopic (exact) mass is 246 g/mol. The SMILES string of the molecule is C[C@H]1CCC/C(=N/NC(=O)c2ccccc2O)C1. The summed E-state index contributed by atoms with van der Waals surface area (Å²) < 4.78 is 0. The Kier molecular flexibility index (Phi) is 3.97. The molecule has 1 aromatic rings. The molecule has 96 valence electrons. The molecule has 0 unspecified atom stereocenters. The van der Waals surface area contributed by atoms with Gasteiger partial charge in [-0.1, -0.05) is 19.1 Å². The number of amides is 1. The molecule has 0 radical (unpaired) electrons. The molecule has 1 aromatic carbocycles. The summed E-state index contributed by atoms with van der Waals surface area (Å²) in [6.07, 6.45) is 4.26. The molecule has 1 aliphatic rings. The van der Waals surface area contributed by atoms with E-state index in [2.05, 4.69) is 17.5 Å². The second-order valence-electron chi connectivity index (χ2n) is 4.84. The molecule has 0 heterocycles. The van der Waals surface area contributed by atoms with E-state index < -0.39 is 0 Å². The number of hydrogen-bond acceptors (Lipinski definition) is 3. The Morgan fingerprint density at radius 2 is 2.22 bits per heavy atom. The van der Waals surface area contributed by atoms with Crippen molar-refractivity contribution in [3.8, 4) is 5.75 Å². The van der Waals surface area contributed by atoms with Crippen LogP contribution in [0.25, 0.3) is 0 Å². The largest absolute Gasteiger partial charge is 0.507 e. The van der Waals surface area contributed by atoms with Crippen LogP contribution in [-0.2, 0) is 0 Å². The number of carbonyl (C=O) groups excluding carboxylic acids is 1. The molecule has 1 atom stereocenters. The Bertz CT molecular complexity index is 469. The summed E-state index contributed by atoms with van der Waals surface area (Å²) in [6.45, 7) is 2.19. The number of rotatable bonds is 2. The smallest absolute Gasteiger partial charge is 0.275 e. The molecule has 1 fully saturated rings. The van der Waals surface area contributed by atoms with Crippen molar-refractivity contribution in [2.45, 2.75) is 32.6 Å². The molecule has 2 rings (SSSR count). The van der Waals surface area contributed by atoms with Crippen LogP contribution in [0.5, 0.6) is 5.75 Å². The zero-order valence-electron chi connectivity index (χ0n) is 10.5. The van der Waals surface area contributed by atoms with E-state index in [1.807, 2.05) is 0 Å². The zero-order valence-corrected chi connectivity index (χ0v) is 10.5. The Balaban J connectivity index is 2.00. The van der Waals surface area contributed by atoms with Crippen LogP contribution in [0.3, 0.4) is 0 Å². The Labute approximate surface area is 107 Å². The summed E-state index contributed by atoms with van der Waals surface area (Å²) in [7, 11) is 0. The van der Waals surface area contributed by atoms with E-state index >= 15 is 0 Å². The number of nitrogens with zero attached hydrogens (tertiary/aromatic N) is 1. The highest BCUT2D eigenvalue weighted by molar-refractivity contribution is 5.97. The second-order valence-corrected chi connectivity index (χ2v) is 4.84. The maximum absolute atomic E-state index is 11.8. The minimum atomic E-state index is -0.362. The highest BCUT2D eigenvalue weighted by Gasteiger charge is 2.15. The van der Waals surface area contributed by atoms with Gasteiger partial charge in [-0.05, 0) is 43.7 Å². The van der Waals surface area contributed by atoms with Crippen molar-refractivity contribution in [2.24, 2.45) is 11.0 Å². The average Bonchev–Trinajstić information content (AvgIpc) is 2.37. The molecule has 4 heteroatoms. The molecule has 2 N–H and O–H groups in total. The maximum Gasteiger partial charge on any atom is 0.275 e. The summed E-state index contributed by atoms with van der Waals surface area (Å²) in [6, 6.07) is 6.46. The van der Waals surface area contributed by atoms with Gasteiger partial charge in [-0.2, -0.15) is 5.10 Å². The maximum atomic E-state index is 11.8. The Morgan fingerprint density at radius 3 is 2.94 bits per heavy atom. The van der Waals surface area contributed by atoms with Crippen molar-refractivity contribution < 1.29 is 9.90 Å². The lowest BCUT2D eigenvalue weighted by Crippen LogP contribution is -2.22. The van der Waals surface area contributed by atoms with E-state index in [9.17, 15) is 9.90 Å². The van der Waals surface area contributed by atoms with Crippen LogP contribution in [0.15, 0.2) is 29.4 Å². The molecule has 0 spiro atoms. The number of hydrogen-bond donors (Lipinski definition) is 2. The van der Waals surface area contributed by atoms with Crippen LogP contribution in [0.1, 0.15) is 43.0 Å². The van der Waals surface area contributed by atoms with E-state index in [1.54, 1.807) is 18.2 Å². The zero-order chi connectivity index (χ0) is 13.0. The fourth-order valence-electron chi connectivity index (χ4n) is 2.22. The van der Waals surface area contributed by atoms with E-state index in [-0.39, 0.29) is 17.2 Å². The van der Waals surface area contributed by atoms with Crippen molar-refractivity contribution in [3.63, 3.8) is 0 Å². The van der Waals surface area contributed by atoms with Gasteiger partial charge in [-0.15, -0.1) is 0 Å². The molecule has 0 saturated heterocycles. The van der Waals surface area contributed by atoms with Crippen LogP contribution in [0.2, 0.25) is 0 Å². The van der Waals surface area contributed by atoms with Crippen molar-refractivity contribution in [2.75, 3.05) is 0 Å². The first kappa shape index (κ1) is 12.6. The number of hydrazone groups is 1. The summed E-state index contributed by atoms with van der Waals surface area (Å²) in [5.41, 5.74) is 3.81. The van der Waals surface area contributed by atoms with Crippen LogP contribution in [-0.4, -0.2) is 16.7 Å². The fraction of sp³-hybridized carbons (Fsp3) is 0.429. The van der Waals surface area contributed by atoms with Crippen molar-refractivity contribution in [1.29, 1.82) is 0 Å². The lowest BCUT2D eigenvalue weighted by molar-refractivity contribution is 0.0952. The topological polar surface area (TPSA) is 61.7 Å². The van der Waals surface area contributed by atoms with Gasteiger partial charge < -0.3 is 5.11 Å². The average molecular weight is 246 g/mol. The number of aromatic hydroxyl groups is 1.